The molecule has 0 fully saturated rings. The van der Waals surface area contributed by atoms with Crippen molar-refractivity contribution in [1.82, 2.24) is 3.97 Å². The second-order valence-electron chi connectivity index (χ2n) is 5.63. The molecule has 0 aliphatic heterocycles. The average molecular weight is 477 g/mol. The summed E-state index contributed by atoms with van der Waals surface area (Å²) in [5.41, 5.74) is -0.0231. The second kappa shape index (κ2) is 7.13. The van der Waals surface area contributed by atoms with Gasteiger partial charge in [0.1, 0.15) is 5.75 Å². The van der Waals surface area contributed by atoms with Gasteiger partial charge in [0.05, 0.1) is 23.2 Å². The Bertz CT molecular complexity index is 1170. The van der Waals surface area contributed by atoms with Crippen LogP contribution in [0.4, 0.5) is 18.9 Å². The van der Waals surface area contributed by atoms with E-state index in [1.54, 1.807) is 29.6 Å². The lowest BCUT2D eigenvalue weighted by Gasteiger charge is -2.14. The minimum Gasteiger partial charge on any atom is -0.495 e. The highest BCUT2D eigenvalue weighted by Crippen LogP contribution is 2.31. The highest BCUT2D eigenvalue weighted by Gasteiger charge is 2.39. The Kier molecular flexibility index (Phi) is 5.15. The largest absolute Gasteiger partial charge is 0.495 e. The first-order valence-electron chi connectivity index (χ1n) is 7.62. The topological polar surface area (TPSA) is 77.4 Å². The van der Waals surface area contributed by atoms with Gasteiger partial charge in [-0.15, -0.1) is 0 Å². The SMILES string of the molecule is COc1ccc(S(=O)(=O)n2ccc3cc(Br)ccc32)cc1NC(=O)C(F)(F)F. The van der Waals surface area contributed by atoms with Crippen LogP contribution in [0, 0.1) is 0 Å². The van der Waals surface area contributed by atoms with Crippen molar-refractivity contribution in [3.63, 3.8) is 0 Å². The molecule has 28 heavy (non-hydrogen) atoms. The Labute approximate surface area is 166 Å². The number of amides is 1. The zero-order chi connectivity index (χ0) is 20.7. The molecule has 0 saturated carbocycles. The number of carbonyl (C=O) groups is 1. The normalized spacial score (nSPS) is 12.2. The van der Waals surface area contributed by atoms with Crippen LogP contribution >= 0.6 is 15.9 Å². The van der Waals surface area contributed by atoms with E-state index in [-0.39, 0.29) is 10.6 Å². The van der Waals surface area contributed by atoms with E-state index in [0.717, 1.165) is 14.5 Å². The molecule has 1 aromatic heterocycles. The highest BCUT2D eigenvalue weighted by molar-refractivity contribution is 9.10. The lowest BCUT2D eigenvalue weighted by atomic mass is 10.3. The fourth-order valence-corrected chi connectivity index (χ4v) is 4.31. The molecule has 0 saturated heterocycles. The number of halogens is 4. The van der Waals surface area contributed by atoms with Gasteiger partial charge in [-0.1, -0.05) is 15.9 Å². The third-order valence-corrected chi connectivity index (χ3v) is 6.03. The number of hydrogen-bond donors (Lipinski definition) is 1. The molecule has 0 spiro atoms. The molecule has 3 aromatic rings. The molecular weight excluding hydrogens is 465 g/mol. The summed E-state index contributed by atoms with van der Waals surface area (Å²) < 4.78 is 70.4. The summed E-state index contributed by atoms with van der Waals surface area (Å²) >= 11 is 3.30. The van der Waals surface area contributed by atoms with Crippen LogP contribution in [0.25, 0.3) is 10.9 Å². The first kappa shape index (κ1) is 20.2. The second-order valence-corrected chi connectivity index (χ2v) is 8.36. The predicted octanol–water partition coefficient (Wildman–Crippen LogP) is 4.15. The number of anilines is 1. The van der Waals surface area contributed by atoms with Crippen molar-refractivity contribution in [2.45, 2.75) is 11.1 Å². The Morgan fingerprint density at radius 3 is 2.50 bits per heavy atom. The fourth-order valence-electron chi connectivity index (χ4n) is 2.55. The maximum absolute atomic E-state index is 13.0. The molecule has 0 unspecified atom stereocenters. The van der Waals surface area contributed by atoms with Crippen LogP contribution in [0.1, 0.15) is 0 Å². The van der Waals surface area contributed by atoms with Crippen LogP contribution in [-0.2, 0) is 14.8 Å². The van der Waals surface area contributed by atoms with Crippen molar-refractivity contribution in [1.29, 1.82) is 0 Å². The number of aromatic nitrogens is 1. The van der Waals surface area contributed by atoms with Gasteiger partial charge in [-0.2, -0.15) is 13.2 Å². The molecule has 1 amide bonds. The van der Waals surface area contributed by atoms with Gasteiger partial charge in [-0.25, -0.2) is 12.4 Å². The first-order valence-corrected chi connectivity index (χ1v) is 9.86. The number of fused-ring (bicyclic) bond motifs is 1. The molecule has 0 bridgehead atoms. The third-order valence-electron chi connectivity index (χ3n) is 3.85. The van der Waals surface area contributed by atoms with E-state index in [9.17, 15) is 26.4 Å². The van der Waals surface area contributed by atoms with Crippen molar-refractivity contribution in [2.24, 2.45) is 0 Å². The molecule has 148 valence electrons. The Hall–Kier alpha value is -2.53. The minimum absolute atomic E-state index is 0.113. The summed E-state index contributed by atoms with van der Waals surface area (Å²) in [7, 11) is -2.96. The summed E-state index contributed by atoms with van der Waals surface area (Å²) in [6, 6.07) is 9.84. The number of carbonyl (C=O) groups excluding carboxylic acids is 1. The number of ether oxygens (including phenoxy) is 1. The van der Waals surface area contributed by atoms with Crippen LogP contribution in [0.5, 0.6) is 5.75 Å². The molecule has 11 heteroatoms. The monoisotopic (exact) mass is 476 g/mol. The molecule has 6 nitrogen and oxygen atoms in total. The summed E-state index contributed by atoms with van der Waals surface area (Å²) in [5.74, 6) is -2.35. The first-order chi connectivity index (χ1) is 13.0. The van der Waals surface area contributed by atoms with Gasteiger partial charge in [0, 0.05) is 16.1 Å². The van der Waals surface area contributed by atoms with E-state index in [2.05, 4.69) is 15.9 Å². The van der Waals surface area contributed by atoms with Crippen LogP contribution in [-0.4, -0.2) is 31.6 Å². The van der Waals surface area contributed by atoms with Gasteiger partial charge in [-0.3, -0.25) is 4.79 Å². The number of nitrogens with zero attached hydrogens (tertiary/aromatic N) is 1. The zero-order valence-electron chi connectivity index (χ0n) is 14.1. The molecule has 0 aliphatic rings. The van der Waals surface area contributed by atoms with Crippen LogP contribution in [0.15, 0.2) is 58.0 Å². The quantitative estimate of drug-likeness (QED) is 0.613. The van der Waals surface area contributed by atoms with E-state index in [1.807, 2.05) is 0 Å². The van der Waals surface area contributed by atoms with Gasteiger partial charge < -0.3 is 10.1 Å². The van der Waals surface area contributed by atoms with Crippen molar-refractivity contribution in [3.05, 3.63) is 53.1 Å². The van der Waals surface area contributed by atoms with Gasteiger partial charge in [0.2, 0.25) is 0 Å². The van der Waals surface area contributed by atoms with E-state index in [4.69, 9.17) is 4.74 Å². The predicted molar refractivity (Wildman–Crippen MR) is 99.9 cm³/mol. The number of nitrogens with one attached hydrogen (secondary N) is 1. The molecule has 0 atom stereocenters. The number of alkyl halides is 3. The molecule has 3 rings (SSSR count). The highest BCUT2D eigenvalue weighted by atomic mass is 79.9. The van der Waals surface area contributed by atoms with Crippen LogP contribution in [0.3, 0.4) is 0 Å². The molecule has 2 aromatic carbocycles. The van der Waals surface area contributed by atoms with Crippen LogP contribution in [0.2, 0.25) is 0 Å². The van der Waals surface area contributed by atoms with E-state index < -0.39 is 27.8 Å². The van der Waals surface area contributed by atoms with E-state index >= 15 is 0 Å². The summed E-state index contributed by atoms with van der Waals surface area (Å²) in [4.78, 5) is 10.9. The Morgan fingerprint density at radius 2 is 1.86 bits per heavy atom. The third kappa shape index (κ3) is 3.72. The van der Waals surface area contributed by atoms with Crippen molar-refractivity contribution >= 4 is 48.5 Å². The standard InChI is InChI=1S/C17H12BrF3N2O4S/c1-27-15-5-3-12(9-13(15)22-16(24)17(19,20)21)28(25,26)23-7-6-10-8-11(18)2-4-14(10)23/h2-9H,1H3,(H,22,24). The van der Waals surface area contributed by atoms with Crippen LogP contribution < -0.4 is 10.1 Å². The smallest absolute Gasteiger partial charge is 0.471 e. The Morgan fingerprint density at radius 1 is 1.14 bits per heavy atom. The number of hydrogen-bond acceptors (Lipinski definition) is 4. The van der Waals surface area contributed by atoms with Gasteiger partial charge in [0.15, 0.2) is 0 Å². The summed E-state index contributed by atoms with van der Waals surface area (Å²) in [5, 5.41) is 2.29. The van der Waals surface area contributed by atoms with E-state index in [1.165, 1.54) is 25.4 Å². The lowest BCUT2D eigenvalue weighted by molar-refractivity contribution is -0.167. The van der Waals surface area contributed by atoms with Crippen molar-refractivity contribution < 1.29 is 31.1 Å². The number of methoxy groups -OCH3 is 1. The lowest BCUT2D eigenvalue weighted by Crippen LogP contribution is -2.30. The maximum Gasteiger partial charge on any atom is 0.471 e. The van der Waals surface area contributed by atoms with Gasteiger partial charge in [-0.05, 0) is 42.5 Å². The maximum atomic E-state index is 13.0. The average Bonchev–Trinajstić information content (AvgIpc) is 3.04. The summed E-state index contributed by atoms with van der Waals surface area (Å²) in [6.07, 6.45) is -3.80. The zero-order valence-corrected chi connectivity index (χ0v) is 16.5. The molecule has 0 aliphatic carbocycles. The van der Waals surface area contributed by atoms with Crippen molar-refractivity contribution in [2.75, 3.05) is 12.4 Å². The molecule has 0 radical (unpaired) electrons. The number of rotatable bonds is 4. The minimum atomic E-state index is -5.14. The molecular formula is C17H12BrF3N2O4S. The number of benzene rings is 2. The molecule has 1 heterocycles. The Balaban J connectivity index is 2.09. The summed E-state index contributed by atoms with van der Waals surface area (Å²) in [6.45, 7) is 0. The van der Waals surface area contributed by atoms with Gasteiger partial charge >= 0.3 is 12.1 Å². The fraction of sp³-hybridized carbons (Fsp3) is 0.118. The van der Waals surface area contributed by atoms with Crippen molar-refractivity contribution in [3.8, 4) is 5.75 Å². The van der Waals surface area contributed by atoms with E-state index in [0.29, 0.717) is 10.9 Å². The van der Waals surface area contributed by atoms with Gasteiger partial charge in [0.25, 0.3) is 10.0 Å². The molecule has 1 N–H and O–H groups in total.